The highest BCUT2D eigenvalue weighted by atomic mass is 35.5. The first-order chi connectivity index (χ1) is 10.1. The molecule has 4 nitrogen and oxygen atoms in total. The van der Waals surface area contributed by atoms with Gasteiger partial charge in [0.25, 0.3) is 0 Å². The molecule has 0 aliphatic heterocycles. The van der Waals surface area contributed by atoms with E-state index in [-0.39, 0.29) is 5.78 Å². The Morgan fingerprint density at radius 2 is 2.10 bits per heavy atom. The van der Waals surface area contributed by atoms with Crippen LogP contribution in [-0.4, -0.2) is 23.3 Å². The molecule has 0 amide bonds. The molecule has 1 aromatic heterocycles. The number of carbonyl (C=O) groups is 1. The molecule has 6 heteroatoms. The van der Waals surface area contributed by atoms with Gasteiger partial charge in [0.05, 0.1) is 24.3 Å². The summed E-state index contributed by atoms with van der Waals surface area (Å²) in [5.41, 5.74) is 1.63. The Kier molecular flexibility index (Phi) is 4.94. The third-order valence-corrected chi connectivity index (χ3v) is 4.09. The van der Waals surface area contributed by atoms with Crippen molar-refractivity contribution in [3.8, 4) is 23.1 Å². The minimum atomic E-state index is -0.908. The second-order valence-electron chi connectivity index (χ2n) is 4.38. The number of rotatable bonds is 5. The average molecular weight is 321 g/mol. The number of nitriles is 1. The van der Waals surface area contributed by atoms with E-state index in [0.29, 0.717) is 5.01 Å². The Morgan fingerprint density at radius 1 is 1.43 bits per heavy atom. The van der Waals surface area contributed by atoms with E-state index in [1.807, 2.05) is 35.7 Å². The van der Waals surface area contributed by atoms with Crippen molar-refractivity contribution in [2.45, 2.75) is 18.2 Å². The maximum Gasteiger partial charge on any atom is 0.174 e. The van der Waals surface area contributed by atoms with Crippen LogP contribution in [0.3, 0.4) is 0 Å². The number of halogens is 1. The Morgan fingerprint density at radius 3 is 2.62 bits per heavy atom. The van der Waals surface area contributed by atoms with Crippen LogP contribution in [0.4, 0.5) is 0 Å². The van der Waals surface area contributed by atoms with E-state index in [9.17, 15) is 4.79 Å². The first-order valence-electron chi connectivity index (χ1n) is 6.24. The van der Waals surface area contributed by atoms with E-state index in [0.717, 1.165) is 17.0 Å². The van der Waals surface area contributed by atoms with Gasteiger partial charge in [-0.3, -0.25) is 4.79 Å². The summed E-state index contributed by atoms with van der Waals surface area (Å²) < 4.78 is 5.10. The molecule has 1 heterocycles. The molecule has 0 aliphatic carbocycles. The number of hydrogen-bond acceptors (Lipinski definition) is 5. The number of ketones is 1. The molecule has 2 aromatic rings. The maximum absolute atomic E-state index is 11.9. The molecular weight excluding hydrogens is 308 g/mol. The molecule has 0 fully saturated rings. The summed E-state index contributed by atoms with van der Waals surface area (Å²) in [6.07, 6.45) is 0. The Labute approximate surface area is 132 Å². The number of hydrogen-bond donors (Lipinski definition) is 0. The van der Waals surface area contributed by atoms with Gasteiger partial charge in [-0.2, -0.15) is 5.26 Å². The van der Waals surface area contributed by atoms with Crippen molar-refractivity contribution in [2.75, 3.05) is 7.11 Å². The van der Waals surface area contributed by atoms with Gasteiger partial charge in [-0.25, -0.2) is 4.98 Å². The summed E-state index contributed by atoms with van der Waals surface area (Å²) in [5.74, 6) is -0.473. The van der Waals surface area contributed by atoms with Gasteiger partial charge in [0, 0.05) is 10.9 Å². The monoisotopic (exact) mass is 320 g/mol. The molecule has 1 aromatic carbocycles. The van der Waals surface area contributed by atoms with E-state index < -0.39 is 11.3 Å². The second kappa shape index (κ2) is 6.70. The maximum atomic E-state index is 11.9. The fraction of sp³-hybridized carbons (Fsp3) is 0.267. The van der Waals surface area contributed by atoms with Crippen LogP contribution in [0.5, 0.6) is 5.75 Å². The number of benzene rings is 1. The van der Waals surface area contributed by atoms with E-state index >= 15 is 0 Å². The highest BCUT2D eigenvalue weighted by Gasteiger charge is 2.27. The number of carbonyl (C=O) groups excluding carboxylic acids is 1. The van der Waals surface area contributed by atoms with Gasteiger partial charge >= 0.3 is 0 Å². The Balaban J connectivity index is 2.28. The van der Waals surface area contributed by atoms with Gasteiger partial charge in [-0.05, 0) is 31.2 Å². The molecule has 2 atom stereocenters. The van der Waals surface area contributed by atoms with Crippen molar-refractivity contribution in [3.63, 3.8) is 0 Å². The Bertz CT molecular complexity index is 674. The van der Waals surface area contributed by atoms with Gasteiger partial charge in [-0.15, -0.1) is 22.9 Å². The van der Waals surface area contributed by atoms with Crippen molar-refractivity contribution >= 4 is 28.7 Å². The largest absolute Gasteiger partial charge is 0.497 e. The van der Waals surface area contributed by atoms with Gasteiger partial charge in [0.15, 0.2) is 11.7 Å². The quantitative estimate of drug-likeness (QED) is 0.789. The molecule has 108 valence electrons. The smallest absolute Gasteiger partial charge is 0.174 e. The van der Waals surface area contributed by atoms with Crippen LogP contribution in [0.25, 0.3) is 11.3 Å². The lowest BCUT2D eigenvalue weighted by atomic mass is 10.0. The Hall–Kier alpha value is -1.90. The van der Waals surface area contributed by atoms with Crippen LogP contribution in [0, 0.1) is 11.3 Å². The molecule has 0 saturated heterocycles. The van der Waals surface area contributed by atoms with Crippen molar-refractivity contribution in [1.29, 1.82) is 5.26 Å². The first-order valence-corrected chi connectivity index (χ1v) is 7.55. The van der Waals surface area contributed by atoms with Crippen molar-refractivity contribution in [2.24, 2.45) is 0 Å². The average Bonchev–Trinajstić information content (AvgIpc) is 2.97. The third-order valence-electron chi connectivity index (χ3n) is 2.96. The van der Waals surface area contributed by atoms with E-state index in [1.54, 1.807) is 14.0 Å². The van der Waals surface area contributed by atoms with Crippen molar-refractivity contribution in [3.05, 3.63) is 34.7 Å². The normalized spacial score (nSPS) is 13.2. The first kappa shape index (κ1) is 15.5. The van der Waals surface area contributed by atoms with Gasteiger partial charge in [-0.1, -0.05) is 0 Å². The molecular formula is C15H13ClN2O2S. The number of thiazole rings is 1. The van der Waals surface area contributed by atoms with E-state index in [4.69, 9.17) is 21.6 Å². The molecule has 0 spiro atoms. The number of Topliss-reactive ketones (excluding diaryl/α,β-unsaturated/α-hetero) is 1. The molecule has 0 N–H and O–H groups in total. The molecule has 0 bridgehead atoms. The minimum absolute atomic E-state index is 0.324. The number of alkyl halides is 1. The number of nitrogens with zero attached hydrogens (tertiary/aromatic N) is 2. The minimum Gasteiger partial charge on any atom is -0.497 e. The summed E-state index contributed by atoms with van der Waals surface area (Å²) in [6, 6.07) is 9.41. The molecule has 0 aliphatic rings. The van der Waals surface area contributed by atoms with Gasteiger partial charge < -0.3 is 4.74 Å². The highest BCUT2D eigenvalue weighted by molar-refractivity contribution is 7.10. The summed E-state index contributed by atoms with van der Waals surface area (Å²) >= 11 is 7.06. The zero-order valence-corrected chi connectivity index (χ0v) is 13.1. The zero-order valence-electron chi connectivity index (χ0n) is 11.5. The second-order valence-corrected chi connectivity index (χ2v) is 5.92. The topological polar surface area (TPSA) is 63.0 Å². The van der Waals surface area contributed by atoms with Gasteiger partial charge in [0.2, 0.25) is 0 Å². The third kappa shape index (κ3) is 3.41. The number of aromatic nitrogens is 1. The lowest BCUT2D eigenvalue weighted by Crippen LogP contribution is -2.18. The summed E-state index contributed by atoms with van der Waals surface area (Å²) in [6.45, 7) is 1.56. The van der Waals surface area contributed by atoms with Gasteiger partial charge in [0.1, 0.15) is 10.8 Å². The summed E-state index contributed by atoms with van der Waals surface area (Å²) in [5, 5.41) is 10.8. The summed E-state index contributed by atoms with van der Waals surface area (Å²) in [7, 11) is 1.60. The van der Waals surface area contributed by atoms with Crippen LogP contribution < -0.4 is 4.74 Å². The highest BCUT2D eigenvalue weighted by Crippen LogP contribution is 2.29. The number of ether oxygens (including phenoxy) is 1. The zero-order chi connectivity index (χ0) is 15.4. The van der Waals surface area contributed by atoms with E-state index in [2.05, 4.69) is 4.98 Å². The van der Waals surface area contributed by atoms with Crippen LogP contribution >= 0.6 is 22.9 Å². The number of methoxy groups -OCH3 is 1. The van der Waals surface area contributed by atoms with E-state index in [1.165, 1.54) is 11.3 Å². The standard InChI is InChI=1S/C15H13ClN2O2S/c1-9(16)14(19)12(7-17)15-18-13(8-21-15)10-3-5-11(20-2)6-4-10/h3-6,8-9,12H,1-2H3. The lowest BCUT2D eigenvalue weighted by molar-refractivity contribution is -0.118. The molecule has 2 rings (SSSR count). The lowest BCUT2D eigenvalue weighted by Gasteiger charge is -2.06. The molecule has 0 radical (unpaired) electrons. The van der Waals surface area contributed by atoms with Crippen LogP contribution in [0.15, 0.2) is 29.6 Å². The van der Waals surface area contributed by atoms with Crippen molar-refractivity contribution < 1.29 is 9.53 Å². The molecule has 2 unspecified atom stereocenters. The fourth-order valence-electron chi connectivity index (χ4n) is 1.78. The van der Waals surface area contributed by atoms with Crippen molar-refractivity contribution in [1.82, 2.24) is 4.98 Å². The molecule has 0 saturated carbocycles. The fourth-order valence-corrected chi connectivity index (χ4v) is 2.79. The predicted molar refractivity (Wildman–Crippen MR) is 82.8 cm³/mol. The SMILES string of the molecule is COc1ccc(-c2csc(C(C#N)C(=O)C(C)Cl)n2)cc1. The summed E-state index contributed by atoms with van der Waals surface area (Å²) in [4.78, 5) is 16.3. The predicted octanol–water partition coefficient (Wildman–Crippen LogP) is 3.62. The van der Waals surface area contributed by atoms with Crippen LogP contribution in [0.1, 0.15) is 17.8 Å². The van der Waals surface area contributed by atoms with Crippen LogP contribution in [0.2, 0.25) is 0 Å². The van der Waals surface area contributed by atoms with Crippen LogP contribution in [-0.2, 0) is 4.79 Å². The molecule has 21 heavy (non-hydrogen) atoms.